The van der Waals surface area contributed by atoms with Gasteiger partial charge in [0.1, 0.15) is 0 Å². The molecule has 168 valence electrons. The maximum atomic E-state index is 12.3. The van der Waals surface area contributed by atoms with Crippen LogP contribution < -0.4 is 5.32 Å². The number of amides is 1. The van der Waals surface area contributed by atoms with E-state index in [-0.39, 0.29) is 12.0 Å². The van der Waals surface area contributed by atoms with E-state index in [2.05, 4.69) is 20.7 Å². The Morgan fingerprint density at radius 3 is 2.91 bits per heavy atom. The fourth-order valence-corrected chi connectivity index (χ4v) is 3.63. The molecule has 0 radical (unpaired) electrons. The highest BCUT2D eigenvalue weighted by Gasteiger charge is 2.13. The molecule has 8 nitrogen and oxygen atoms in total. The molecule has 1 atom stereocenters. The fourth-order valence-electron chi connectivity index (χ4n) is 3.63. The maximum absolute atomic E-state index is 12.3. The third-order valence-electron chi connectivity index (χ3n) is 5.30. The van der Waals surface area contributed by atoms with Crippen LogP contribution in [-0.2, 0) is 27.4 Å². The van der Waals surface area contributed by atoms with Crippen LogP contribution in [0, 0.1) is 0 Å². The minimum atomic E-state index is -0.0397. The molecule has 1 unspecified atom stereocenters. The van der Waals surface area contributed by atoms with Gasteiger partial charge in [0.15, 0.2) is 0 Å². The van der Waals surface area contributed by atoms with Crippen LogP contribution in [0.5, 0.6) is 0 Å². The summed E-state index contributed by atoms with van der Waals surface area (Å²) in [5.41, 5.74) is 2.72. The molecule has 4 rings (SSSR count). The molecule has 1 amide bonds. The summed E-state index contributed by atoms with van der Waals surface area (Å²) >= 11 is 0. The molecule has 0 bridgehead atoms. The highest BCUT2D eigenvalue weighted by molar-refractivity contribution is 5.90. The van der Waals surface area contributed by atoms with E-state index in [1.54, 1.807) is 0 Å². The number of carbonyl (C=O) groups is 1. The Morgan fingerprint density at radius 1 is 1.16 bits per heavy atom. The molecule has 2 aromatic carbocycles. The molecule has 8 heteroatoms. The van der Waals surface area contributed by atoms with Gasteiger partial charge in [-0.15, -0.1) is 10.2 Å². The van der Waals surface area contributed by atoms with E-state index in [1.807, 2.05) is 54.6 Å². The third kappa shape index (κ3) is 6.70. The van der Waals surface area contributed by atoms with E-state index < -0.39 is 0 Å². The van der Waals surface area contributed by atoms with Crippen LogP contribution in [0.15, 0.2) is 54.6 Å². The largest absolute Gasteiger partial charge is 0.376 e. The summed E-state index contributed by atoms with van der Waals surface area (Å²) in [6.07, 6.45) is 4.62. The number of benzene rings is 2. The molecule has 2 heterocycles. The predicted octanol–water partition coefficient (Wildman–Crippen LogP) is 3.84. The van der Waals surface area contributed by atoms with Gasteiger partial charge >= 0.3 is 0 Å². The Hall–Kier alpha value is -3.10. The van der Waals surface area contributed by atoms with Crippen molar-refractivity contribution in [3.05, 3.63) is 60.2 Å². The third-order valence-corrected chi connectivity index (χ3v) is 5.30. The van der Waals surface area contributed by atoms with Crippen LogP contribution in [-0.4, -0.2) is 45.4 Å². The SMILES string of the molecule is O=C(CCCn1nnc(-c2ccccc2)n1)Nc1cccc(COCC2CCCCO2)c1. The molecule has 0 aliphatic carbocycles. The predicted molar refractivity (Wildman–Crippen MR) is 121 cm³/mol. The quantitative estimate of drug-likeness (QED) is 0.520. The van der Waals surface area contributed by atoms with Crippen molar-refractivity contribution in [2.24, 2.45) is 0 Å². The Morgan fingerprint density at radius 2 is 2.06 bits per heavy atom. The van der Waals surface area contributed by atoms with E-state index in [9.17, 15) is 4.79 Å². The molecule has 1 aliphatic heterocycles. The number of nitrogens with zero attached hydrogens (tertiary/aromatic N) is 4. The van der Waals surface area contributed by atoms with Crippen molar-refractivity contribution < 1.29 is 14.3 Å². The average molecular weight is 436 g/mol. The number of anilines is 1. The molecule has 3 aromatic rings. The smallest absolute Gasteiger partial charge is 0.224 e. The zero-order valence-corrected chi connectivity index (χ0v) is 18.2. The summed E-state index contributed by atoms with van der Waals surface area (Å²) in [5, 5.41) is 15.5. The number of hydrogen-bond acceptors (Lipinski definition) is 6. The Kier molecular flexibility index (Phi) is 7.94. The van der Waals surface area contributed by atoms with Gasteiger partial charge < -0.3 is 14.8 Å². The van der Waals surface area contributed by atoms with Gasteiger partial charge in [-0.3, -0.25) is 4.79 Å². The lowest BCUT2D eigenvalue weighted by Crippen LogP contribution is -2.24. The standard InChI is InChI=1S/C24H29N5O3/c30-23(13-7-14-29-27-24(26-28-29)20-9-2-1-3-10-20)25-21-11-6-8-19(16-21)17-31-18-22-12-4-5-15-32-22/h1-3,6,8-11,16,22H,4-5,7,12-15,17-18H2,(H,25,30). The lowest BCUT2D eigenvalue weighted by Gasteiger charge is -2.22. The second-order valence-electron chi connectivity index (χ2n) is 7.93. The first-order valence-electron chi connectivity index (χ1n) is 11.2. The molecule has 1 N–H and O–H groups in total. The molecule has 0 saturated carbocycles. The van der Waals surface area contributed by atoms with Gasteiger partial charge in [0, 0.05) is 24.3 Å². The molecule has 1 saturated heterocycles. The molecule has 1 aliphatic rings. The van der Waals surface area contributed by atoms with Gasteiger partial charge in [0.05, 0.1) is 25.9 Å². The van der Waals surface area contributed by atoms with Crippen molar-refractivity contribution >= 4 is 11.6 Å². The number of hydrogen-bond donors (Lipinski definition) is 1. The topological polar surface area (TPSA) is 91.2 Å². The molecule has 1 aromatic heterocycles. The normalized spacial score (nSPS) is 16.1. The summed E-state index contributed by atoms with van der Waals surface area (Å²) in [6.45, 7) is 2.48. The number of tetrazole rings is 1. The second kappa shape index (κ2) is 11.5. The lowest BCUT2D eigenvalue weighted by molar-refractivity contribution is -0.116. The van der Waals surface area contributed by atoms with E-state index in [0.717, 1.165) is 36.3 Å². The monoisotopic (exact) mass is 435 g/mol. The Labute approximate surface area is 187 Å². The van der Waals surface area contributed by atoms with Crippen molar-refractivity contribution in [3.63, 3.8) is 0 Å². The van der Waals surface area contributed by atoms with Crippen molar-refractivity contribution in [1.82, 2.24) is 20.2 Å². The highest BCUT2D eigenvalue weighted by atomic mass is 16.5. The number of carbonyl (C=O) groups excluding carboxylic acids is 1. The van der Waals surface area contributed by atoms with Crippen molar-refractivity contribution in [2.75, 3.05) is 18.5 Å². The van der Waals surface area contributed by atoms with Crippen LogP contribution >= 0.6 is 0 Å². The Bertz CT molecular complexity index is 986. The number of ether oxygens (including phenoxy) is 2. The van der Waals surface area contributed by atoms with E-state index in [0.29, 0.717) is 38.4 Å². The van der Waals surface area contributed by atoms with E-state index >= 15 is 0 Å². The Balaban J connectivity index is 1.18. The zero-order valence-electron chi connectivity index (χ0n) is 18.2. The van der Waals surface area contributed by atoms with Gasteiger partial charge in [0.2, 0.25) is 11.7 Å². The number of rotatable bonds is 10. The average Bonchev–Trinajstić information content (AvgIpc) is 3.30. The van der Waals surface area contributed by atoms with E-state index in [1.165, 1.54) is 11.2 Å². The maximum Gasteiger partial charge on any atom is 0.224 e. The summed E-state index contributed by atoms with van der Waals surface area (Å²) in [7, 11) is 0. The minimum absolute atomic E-state index is 0.0397. The second-order valence-corrected chi connectivity index (χ2v) is 7.93. The zero-order chi connectivity index (χ0) is 22.0. The van der Waals surface area contributed by atoms with Crippen LogP contribution in [0.4, 0.5) is 5.69 Å². The van der Waals surface area contributed by atoms with Crippen LogP contribution in [0.25, 0.3) is 11.4 Å². The van der Waals surface area contributed by atoms with Crippen molar-refractivity contribution in [3.8, 4) is 11.4 Å². The van der Waals surface area contributed by atoms with Crippen molar-refractivity contribution in [1.29, 1.82) is 0 Å². The van der Waals surface area contributed by atoms with Gasteiger partial charge in [-0.1, -0.05) is 42.5 Å². The van der Waals surface area contributed by atoms with Gasteiger partial charge in [-0.05, 0) is 48.6 Å². The number of aryl methyl sites for hydroxylation is 1. The van der Waals surface area contributed by atoms with Gasteiger partial charge in [-0.2, -0.15) is 4.80 Å². The molecular weight excluding hydrogens is 406 g/mol. The summed E-state index contributed by atoms with van der Waals surface area (Å²) in [5.74, 6) is 0.547. The molecule has 1 fully saturated rings. The summed E-state index contributed by atoms with van der Waals surface area (Å²) in [6, 6.07) is 17.5. The van der Waals surface area contributed by atoms with Crippen molar-refractivity contribution in [2.45, 2.75) is 51.4 Å². The number of aromatic nitrogens is 4. The van der Waals surface area contributed by atoms with Crippen LogP contribution in [0.1, 0.15) is 37.7 Å². The molecule has 32 heavy (non-hydrogen) atoms. The van der Waals surface area contributed by atoms with Gasteiger partial charge in [0.25, 0.3) is 0 Å². The molecule has 0 spiro atoms. The summed E-state index contributed by atoms with van der Waals surface area (Å²) in [4.78, 5) is 13.9. The summed E-state index contributed by atoms with van der Waals surface area (Å²) < 4.78 is 11.5. The minimum Gasteiger partial charge on any atom is -0.376 e. The first-order valence-corrected chi connectivity index (χ1v) is 11.2. The fraction of sp³-hybridized carbons (Fsp3) is 0.417. The van der Waals surface area contributed by atoms with Gasteiger partial charge in [-0.25, -0.2) is 0 Å². The first kappa shape index (κ1) is 22.1. The van der Waals surface area contributed by atoms with E-state index in [4.69, 9.17) is 9.47 Å². The lowest BCUT2D eigenvalue weighted by atomic mass is 10.1. The van der Waals surface area contributed by atoms with Crippen LogP contribution in [0.2, 0.25) is 0 Å². The number of nitrogens with one attached hydrogen (secondary N) is 1. The highest BCUT2D eigenvalue weighted by Crippen LogP contribution is 2.16. The van der Waals surface area contributed by atoms with Crippen LogP contribution in [0.3, 0.4) is 0 Å². The molecular formula is C24H29N5O3. The first-order chi connectivity index (χ1) is 15.8.